The third-order valence-corrected chi connectivity index (χ3v) is 3.23. The molecule has 1 aromatic heterocycles. The maximum Gasteiger partial charge on any atom is 0.235 e. The normalized spacial score (nSPS) is 17.7. The molecule has 0 aliphatic carbocycles. The van der Waals surface area contributed by atoms with E-state index in [0.29, 0.717) is 0 Å². The molecule has 0 radical (unpaired) electrons. The Morgan fingerprint density at radius 1 is 1.43 bits per heavy atom. The Morgan fingerprint density at radius 3 is 2.79 bits per heavy atom. The quantitative estimate of drug-likeness (QED) is 0.775. The molecular formula is C11H14N2O. The highest BCUT2D eigenvalue weighted by molar-refractivity contribution is 6.05. The molecule has 0 aromatic carbocycles. The van der Waals surface area contributed by atoms with Crippen molar-refractivity contribution in [1.82, 2.24) is 4.98 Å². The molecule has 1 aliphatic rings. The van der Waals surface area contributed by atoms with Gasteiger partial charge in [0, 0.05) is 6.20 Å². The number of amides is 1. The predicted octanol–water partition coefficient (Wildman–Crippen LogP) is 2.09. The van der Waals surface area contributed by atoms with Crippen molar-refractivity contribution < 1.29 is 4.79 Å². The van der Waals surface area contributed by atoms with E-state index in [1.54, 1.807) is 12.4 Å². The van der Waals surface area contributed by atoms with Gasteiger partial charge in [0.15, 0.2) is 0 Å². The Morgan fingerprint density at radius 2 is 2.14 bits per heavy atom. The Bertz CT molecular complexity index is 369. The van der Waals surface area contributed by atoms with Gasteiger partial charge >= 0.3 is 0 Å². The van der Waals surface area contributed by atoms with E-state index >= 15 is 0 Å². The first-order valence-corrected chi connectivity index (χ1v) is 5.00. The van der Waals surface area contributed by atoms with Gasteiger partial charge in [-0.25, -0.2) is 0 Å². The molecule has 14 heavy (non-hydrogen) atoms. The molecule has 0 spiro atoms. The summed E-state index contributed by atoms with van der Waals surface area (Å²) in [5.41, 5.74) is 1.65. The average Bonchev–Trinajstić information content (AvgIpc) is 2.50. The summed E-state index contributed by atoms with van der Waals surface area (Å²) in [5.74, 6) is 0.116. The van der Waals surface area contributed by atoms with Crippen LogP contribution in [-0.2, 0) is 10.2 Å². The van der Waals surface area contributed by atoms with Crippen LogP contribution in [0.1, 0.15) is 32.3 Å². The van der Waals surface area contributed by atoms with Gasteiger partial charge in [-0.05, 0) is 24.5 Å². The van der Waals surface area contributed by atoms with Crippen LogP contribution in [0.3, 0.4) is 0 Å². The smallest absolute Gasteiger partial charge is 0.235 e. The van der Waals surface area contributed by atoms with Gasteiger partial charge in [-0.15, -0.1) is 0 Å². The van der Waals surface area contributed by atoms with Crippen LogP contribution in [0.15, 0.2) is 18.5 Å². The number of anilines is 1. The maximum absolute atomic E-state index is 11.9. The summed E-state index contributed by atoms with van der Waals surface area (Å²) in [6.07, 6.45) is 5.15. The fraction of sp³-hybridized carbons (Fsp3) is 0.455. The molecule has 0 saturated carbocycles. The van der Waals surface area contributed by atoms with Crippen LogP contribution in [0.2, 0.25) is 0 Å². The Kier molecular flexibility index (Phi) is 2.02. The zero-order valence-electron chi connectivity index (χ0n) is 8.50. The van der Waals surface area contributed by atoms with Gasteiger partial charge in [0.05, 0.1) is 17.3 Å². The zero-order chi connectivity index (χ0) is 10.2. The molecule has 1 amide bonds. The summed E-state index contributed by atoms with van der Waals surface area (Å²) in [5, 5.41) is 2.89. The number of carbonyl (C=O) groups excluding carboxylic acids is 1. The molecule has 1 N–H and O–H groups in total. The number of carbonyl (C=O) groups is 1. The predicted molar refractivity (Wildman–Crippen MR) is 55.1 cm³/mol. The van der Waals surface area contributed by atoms with Gasteiger partial charge in [-0.1, -0.05) is 13.8 Å². The maximum atomic E-state index is 11.9. The van der Waals surface area contributed by atoms with E-state index in [-0.39, 0.29) is 11.3 Å². The Labute approximate surface area is 83.5 Å². The molecule has 0 bridgehead atoms. The first kappa shape index (κ1) is 9.19. The minimum absolute atomic E-state index is 0.116. The minimum Gasteiger partial charge on any atom is -0.324 e. The van der Waals surface area contributed by atoms with Crippen molar-refractivity contribution in [3.8, 4) is 0 Å². The lowest BCUT2D eigenvalue weighted by Crippen LogP contribution is -2.32. The van der Waals surface area contributed by atoms with Crippen LogP contribution in [0.5, 0.6) is 0 Å². The van der Waals surface area contributed by atoms with Gasteiger partial charge in [0.1, 0.15) is 0 Å². The molecule has 3 heteroatoms. The zero-order valence-corrected chi connectivity index (χ0v) is 8.50. The lowest BCUT2D eigenvalue weighted by molar-refractivity contribution is -0.121. The highest BCUT2D eigenvalue weighted by Gasteiger charge is 2.43. The standard InChI is InChI=1S/C11H14N2O/c1-3-11(4-2)8-5-6-12-7-9(8)13-10(11)14/h5-7H,3-4H2,1-2H3,(H,13,14). The summed E-state index contributed by atoms with van der Waals surface area (Å²) < 4.78 is 0. The van der Waals surface area contributed by atoms with E-state index in [1.165, 1.54) is 0 Å². The third-order valence-electron chi connectivity index (χ3n) is 3.23. The number of rotatable bonds is 2. The molecule has 2 rings (SSSR count). The Hall–Kier alpha value is -1.38. The molecule has 0 saturated heterocycles. The summed E-state index contributed by atoms with van der Waals surface area (Å²) >= 11 is 0. The lowest BCUT2D eigenvalue weighted by atomic mass is 9.77. The number of aromatic nitrogens is 1. The van der Waals surface area contributed by atoms with Gasteiger partial charge in [0.25, 0.3) is 0 Å². The summed E-state index contributed by atoms with van der Waals surface area (Å²) in [6, 6.07) is 1.94. The number of nitrogens with one attached hydrogen (secondary N) is 1. The van der Waals surface area contributed by atoms with Gasteiger partial charge in [0.2, 0.25) is 5.91 Å². The molecule has 74 valence electrons. The number of hydrogen-bond donors (Lipinski definition) is 1. The SMILES string of the molecule is CCC1(CC)C(=O)Nc2cnccc21. The molecule has 0 atom stereocenters. The van der Waals surface area contributed by atoms with Crippen molar-refractivity contribution in [2.24, 2.45) is 0 Å². The monoisotopic (exact) mass is 190 g/mol. The molecule has 1 aliphatic heterocycles. The summed E-state index contributed by atoms with van der Waals surface area (Å²) in [6.45, 7) is 4.11. The van der Waals surface area contributed by atoms with Crippen molar-refractivity contribution in [2.75, 3.05) is 5.32 Å². The van der Waals surface area contributed by atoms with Gasteiger partial charge in [-0.3, -0.25) is 9.78 Å². The van der Waals surface area contributed by atoms with Crippen LogP contribution in [0.25, 0.3) is 0 Å². The van der Waals surface area contributed by atoms with Crippen LogP contribution in [0.4, 0.5) is 5.69 Å². The van der Waals surface area contributed by atoms with Crippen molar-refractivity contribution in [1.29, 1.82) is 0 Å². The fourth-order valence-electron chi connectivity index (χ4n) is 2.23. The highest BCUT2D eigenvalue weighted by Crippen LogP contribution is 2.41. The van der Waals surface area contributed by atoms with Crippen LogP contribution >= 0.6 is 0 Å². The number of fused-ring (bicyclic) bond motifs is 1. The van der Waals surface area contributed by atoms with Gasteiger partial charge in [-0.2, -0.15) is 0 Å². The second kappa shape index (κ2) is 3.08. The van der Waals surface area contributed by atoms with E-state index in [4.69, 9.17) is 0 Å². The highest BCUT2D eigenvalue weighted by atomic mass is 16.2. The number of pyridine rings is 1. The average molecular weight is 190 g/mol. The lowest BCUT2D eigenvalue weighted by Gasteiger charge is -2.23. The van der Waals surface area contributed by atoms with Crippen LogP contribution in [0, 0.1) is 0 Å². The molecule has 0 fully saturated rings. The second-order valence-electron chi connectivity index (χ2n) is 3.66. The third kappa shape index (κ3) is 0.983. The van der Waals surface area contributed by atoms with Crippen LogP contribution < -0.4 is 5.32 Å². The largest absolute Gasteiger partial charge is 0.324 e. The molecule has 3 nitrogen and oxygen atoms in total. The summed E-state index contributed by atoms with van der Waals surface area (Å²) in [7, 11) is 0. The van der Waals surface area contributed by atoms with Crippen molar-refractivity contribution in [3.63, 3.8) is 0 Å². The van der Waals surface area contributed by atoms with E-state index in [1.807, 2.05) is 6.07 Å². The second-order valence-corrected chi connectivity index (χ2v) is 3.66. The topological polar surface area (TPSA) is 42.0 Å². The van der Waals surface area contributed by atoms with E-state index in [2.05, 4.69) is 24.1 Å². The minimum atomic E-state index is -0.321. The van der Waals surface area contributed by atoms with Crippen molar-refractivity contribution >= 4 is 11.6 Å². The Balaban J connectivity index is 2.58. The molecular weight excluding hydrogens is 176 g/mol. The van der Waals surface area contributed by atoms with Crippen molar-refractivity contribution in [2.45, 2.75) is 32.1 Å². The number of hydrogen-bond acceptors (Lipinski definition) is 2. The molecule has 0 unspecified atom stereocenters. The van der Waals surface area contributed by atoms with Crippen LogP contribution in [-0.4, -0.2) is 10.9 Å². The van der Waals surface area contributed by atoms with E-state index < -0.39 is 0 Å². The van der Waals surface area contributed by atoms with Crippen molar-refractivity contribution in [3.05, 3.63) is 24.0 Å². The van der Waals surface area contributed by atoms with E-state index in [9.17, 15) is 4.79 Å². The van der Waals surface area contributed by atoms with Gasteiger partial charge < -0.3 is 5.32 Å². The molecule has 1 aromatic rings. The first-order valence-electron chi connectivity index (χ1n) is 5.00. The molecule has 2 heterocycles. The fourth-order valence-corrected chi connectivity index (χ4v) is 2.23. The summed E-state index contributed by atoms with van der Waals surface area (Å²) in [4.78, 5) is 15.9. The number of nitrogens with zero attached hydrogens (tertiary/aromatic N) is 1. The van der Waals surface area contributed by atoms with E-state index in [0.717, 1.165) is 24.1 Å². The first-order chi connectivity index (χ1) is 6.74.